The van der Waals surface area contributed by atoms with Gasteiger partial charge in [0.25, 0.3) is 0 Å². The van der Waals surface area contributed by atoms with E-state index in [9.17, 15) is 0 Å². The summed E-state index contributed by atoms with van der Waals surface area (Å²) in [5.74, 6) is 1.81. The Hall–Kier alpha value is -1.02. The second-order valence-electron chi connectivity index (χ2n) is 4.34. The fourth-order valence-electron chi connectivity index (χ4n) is 1.14. The zero-order valence-electron chi connectivity index (χ0n) is 13.2. The van der Waals surface area contributed by atoms with Gasteiger partial charge in [0.1, 0.15) is 12.5 Å². The maximum atomic E-state index is 5.41. The predicted octanol–water partition coefficient (Wildman–Crippen LogP) is 4.66. The van der Waals surface area contributed by atoms with Crippen molar-refractivity contribution in [3.8, 4) is 0 Å². The monoisotopic (exact) mass is 253 g/mol. The summed E-state index contributed by atoms with van der Waals surface area (Å²) < 4.78 is 5.41. The highest BCUT2D eigenvalue weighted by Gasteiger charge is 2.07. The minimum absolute atomic E-state index is 0.612. The molecule has 106 valence electrons. The number of hydrogen-bond acceptors (Lipinski definition) is 2. The molecule has 0 amide bonds. The van der Waals surface area contributed by atoms with Crippen LogP contribution < -0.4 is 5.32 Å². The van der Waals surface area contributed by atoms with Crippen LogP contribution in [-0.2, 0) is 4.74 Å². The highest BCUT2D eigenvalue weighted by Crippen LogP contribution is 2.12. The molecular formula is C16H31NO. The summed E-state index contributed by atoms with van der Waals surface area (Å²) in [6.07, 6.45) is 8.08. The number of nitrogens with one attached hydrogen (secondary N) is 1. The van der Waals surface area contributed by atoms with Gasteiger partial charge in [-0.1, -0.05) is 52.8 Å². The van der Waals surface area contributed by atoms with Crippen molar-refractivity contribution in [2.45, 2.75) is 48.5 Å². The summed E-state index contributed by atoms with van der Waals surface area (Å²) >= 11 is 0. The molecule has 0 bridgehead atoms. The van der Waals surface area contributed by atoms with E-state index in [-0.39, 0.29) is 0 Å². The summed E-state index contributed by atoms with van der Waals surface area (Å²) in [5.41, 5.74) is 1.21. The van der Waals surface area contributed by atoms with Crippen LogP contribution in [0.1, 0.15) is 48.5 Å². The molecule has 0 fully saturated rings. The van der Waals surface area contributed by atoms with Gasteiger partial charge in [-0.2, -0.15) is 0 Å². The van der Waals surface area contributed by atoms with E-state index in [1.54, 1.807) is 0 Å². The fourth-order valence-corrected chi connectivity index (χ4v) is 1.14. The lowest BCUT2D eigenvalue weighted by molar-refractivity contribution is 0.184. The highest BCUT2D eigenvalue weighted by atomic mass is 16.5. The second-order valence-corrected chi connectivity index (χ2v) is 4.34. The lowest BCUT2D eigenvalue weighted by Crippen LogP contribution is -2.25. The van der Waals surface area contributed by atoms with Crippen LogP contribution in [0.4, 0.5) is 0 Å². The molecule has 0 aromatic carbocycles. The number of ether oxygens (including phenoxy) is 1. The van der Waals surface area contributed by atoms with E-state index in [2.05, 4.69) is 32.2 Å². The zero-order valence-corrected chi connectivity index (χ0v) is 13.2. The highest BCUT2D eigenvalue weighted by molar-refractivity contribution is 5.31. The molecule has 2 nitrogen and oxygen atoms in total. The standard InChI is InChI=1S/C10H15NO.C4H10.C2H6/c1-3-5-9-7-11-8-12-10(9)6-4-2;1-4(2)3;1-2/h3-6,11H,7-8H2,1-2H3;4H,1-3H3;1-2H3/b5-3-,6-4-;;. The van der Waals surface area contributed by atoms with Gasteiger partial charge in [-0.3, -0.25) is 5.32 Å². The molecule has 0 saturated heterocycles. The smallest absolute Gasteiger partial charge is 0.139 e. The molecule has 0 radical (unpaired) electrons. The Balaban J connectivity index is 0. The summed E-state index contributed by atoms with van der Waals surface area (Å²) in [4.78, 5) is 0. The minimum Gasteiger partial charge on any atom is -0.478 e. The molecule has 0 spiro atoms. The number of rotatable bonds is 2. The molecule has 0 aliphatic carbocycles. The summed E-state index contributed by atoms with van der Waals surface area (Å²) in [7, 11) is 0. The van der Waals surface area contributed by atoms with Crippen LogP contribution >= 0.6 is 0 Å². The van der Waals surface area contributed by atoms with Gasteiger partial charge in [-0.15, -0.1) is 0 Å². The minimum atomic E-state index is 0.612. The van der Waals surface area contributed by atoms with E-state index in [0.717, 1.165) is 18.2 Å². The van der Waals surface area contributed by atoms with Crippen molar-refractivity contribution in [3.63, 3.8) is 0 Å². The number of allylic oxidation sites excluding steroid dienone is 3. The molecule has 0 aromatic rings. The zero-order chi connectivity index (χ0) is 14.4. The van der Waals surface area contributed by atoms with Crippen LogP contribution in [0.3, 0.4) is 0 Å². The van der Waals surface area contributed by atoms with Crippen molar-refractivity contribution in [2.24, 2.45) is 5.92 Å². The molecule has 0 unspecified atom stereocenters. The van der Waals surface area contributed by atoms with Crippen molar-refractivity contribution in [2.75, 3.05) is 13.3 Å². The topological polar surface area (TPSA) is 21.3 Å². The van der Waals surface area contributed by atoms with Crippen LogP contribution in [-0.4, -0.2) is 13.3 Å². The molecular weight excluding hydrogens is 222 g/mol. The van der Waals surface area contributed by atoms with Gasteiger partial charge in [0, 0.05) is 12.1 Å². The molecule has 1 heterocycles. The molecule has 0 saturated carbocycles. The van der Waals surface area contributed by atoms with Crippen LogP contribution in [0.2, 0.25) is 0 Å². The molecule has 2 heteroatoms. The quantitative estimate of drug-likeness (QED) is 0.773. The van der Waals surface area contributed by atoms with E-state index < -0.39 is 0 Å². The maximum absolute atomic E-state index is 5.41. The van der Waals surface area contributed by atoms with Crippen molar-refractivity contribution in [3.05, 3.63) is 35.6 Å². The summed E-state index contributed by atoms with van der Waals surface area (Å²) in [6.45, 7) is 16.0. The van der Waals surface area contributed by atoms with Crippen LogP contribution in [0.5, 0.6) is 0 Å². The van der Waals surface area contributed by atoms with Gasteiger partial charge in [-0.05, 0) is 25.8 Å². The van der Waals surface area contributed by atoms with Crippen molar-refractivity contribution < 1.29 is 4.74 Å². The average molecular weight is 253 g/mol. The van der Waals surface area contributed by atoms with E-state index in [1.807, 2.05) is 45.9 Å². The van der Waals surface area contributed by atoms with Crippen LogP contribution in [0, 0.1) is 5.92 Å². The first-order valence-electron chi connectivity index (χ1n) is 6.93. The first-order valence-corrected chi connectivity index (χ1v) is 6.93. The molecule has 0 aromatic heterocycles. The van der Waals surface area contributed by atoms with Gasteiger partial charge < -0.3 is 4.74 Å². The Morgan fingerprint density at radius 2 is 1.56 bits per heavy atom. The van der Waals surface area contributed by atoms with Gasteiger partial charge in [-0.25, -0.2) is 0 Å². The SMILES string of the molecule is C/C=C\C1=C(/C=C\C)OCNC1.CC.CC(C)C. The molecule has 1 rings (SSSR count). The van der Waals surface area contributed by atoms with E-state index >= 15 is 0 Å². The van der Waals surface area contributed by atoms with Gasteiger partial charge >= 0.3 is 0 Å². The van der Waals surface area contributed by atoms with Crippen molar-refractivity contribution >= 4 is 0 Å². The van der Waals surface area contributed by atoms with E-state index in [0.29, 0.717) is 6.73 Å². The lowest BCUT2D eigenvalue weighted by Gasteiger charge is -2.18. The van der Waals surface area contributed by atoms with E-state index in [4.69, 9.17) is 4.74 Å². The second kappa shape index (κ2) is 14.0. The first kappa shape index (κ1) is 19.3. The van der Waals surface area contributed by atoms with Crippen LogP contribution in [0.25, 0.3) is 0 Å². The maximum Gasteiger partial charge on any atom is 0.139 e. The Kier molecular flexibility index (Phi) is 15.1. The van der Waals surface area contributed by atoms with Gasteiger partial charge in [0.05, 0.1) is 0 Å². The van der Waals surface area contributed by atoms with Gasteiger partial charge in [0.2, 0.25) is 0 Å². The molecule has 0 atom stereocenters. The molecule has 1 N–H and O–H groups in total. The number of hydrogen-bond donors (Lipinski definition) is 1. The third-order valence-electron chi connectivity index (χ3n) is 1.65. The summed E-state index contributed by atoms with van der Waals surface area (Å²) in [5, 5.41) is 3.14. The third kappa shape index (κ3) is 11.5. The van der Waals surface area contributed by atoms with Crippen molar-refractivity contribution in [1.82, 2.24) is 5.32 Å². The molecule has 18 heavy (non-hydrogen) atoms. The van der Waals surface area contributed by atoms with E-state index in [1.165, 1.54) is 5.57 Å². The fraction of sp³-hybridized carbons (Fsp3) is 0.625. The van der Waals surface area contributed by atoms with Crippen LogP contribution in [0.15, 0.2) is 35.6 Å². The lowest BCUT2D eigenvalue weighted by atomic mass is 10.2. The predicted molar refractivity (Wildman–Crippen MR) is 82.5 cm³/mol. The Morgan fingerprint density at radius 1 is 1.06 bits per heavy atom. The average Bonchev–Trinajstić information content (AvgIpc) is 2.34. The normalized spacial score (nSPS) is 15.1. The Labute approximate surface area is 114 Å². The third-order valence-corrected chi connectivity index (χ3v) is 1.65. The first-order chi connectivity index (χ1) is 8.61. The van der Waals surface area contributed by atoms with Crippen molar-refractivity contribution in [1.29, 1.82) is 0 Å². The Morgan fingerprint density at radius 3 is 2.00 bits per heavy atom. The molecule has 1 aliphatic rings. The molecule has 1 aliphatic heterocycles. The Bertz CT molecular complexity index is 236. The van der Waals surface area contributed by atoms with Gasteiger partial charge in [0.15, 0.2) is 0 Å². The largest absolute Gasteiger partial charge is 0.478 e. The summed E-state index contributed by atoms with van der Waals surface area (Å²) in [6, 6.07) is 0.